The molecule has 258 valence electrons. The lowest BCUT2D eigenvalue weighted by molar-refractivity contribution is -0.136. The highest BCUT2D eigenvalue weighted by Gasteiger charge is 2.44. The van der Waals surface area contributed by atoms with E-state index < -0.39 is 29.7 Å². The molecular weight excluding hydrogens is 636 g/mol. The summed E-state index contributed by atoms with van der Waals surface area (Å²) in [4.78, 5) is 68.1. The van der Waals surface area contributed by atoms with E-state index in [4.69, 9.17) is 25.4 Å². The number of para-hydroxylation sites is 1. The number of nitrogens with one attached hydrogen (secondary N) is 2. The first-order chi connectivity index (χ1) is 24.3. The van der Waals surface area contributed by atoms with Crippen molar-refractivity contribution < 1.29 is 23.9 Å². The quantitative estimate of drug-likeness (QED) is 0.214. The van der Waals surface area contributed by atoms with E-state index in [1.165, 1.54) is 0 Å². The van der Waals surface area contributed by atoms with E-state index in [9.17, 15) is 19.2 Å². The fourth-order valence-electron chi connectivity index (χ4n) is 7.36. The number of hydrogen-bond donors (Lipinski definition) is 3. The molecule has 2 saturated carbocycles. The zero-order valence-electron chi connectivity index (χ0n) is 27.8. The van der Waals surface area contributed by atoms with Crippen LogP contribution in [0.1, 0.15) is 71.4 Å². The van der Waals surface area contributed by atoms with Gasteiger partial charge < -0.3 is 20.7 Å². The van der Waals surface area contributed by atoms with Gasteiger partial charge in [-0.1, -0.05) is 6.07 Å². The van der Waals surface area contributed by atoms with E-state index in [1.54, 1.807) is 18.2 Å². The second-order valence-corrected chi connectivity index (χ2v) is 13.8. The first-order valence-electron chi connectivity index (χ1n) is 17.5. The van der Waals surface area contributed by atoms with E-state index >= 15 is 0 Å². The van der Waals surface area contributed by atoms with Crippen LogP contribution in [0.2, 0.25) is 0 Å². The Kier molecular flexibility index (Phi) is 8.51. The van der Waals surface area contributed by atoms with Gasteiger partial charge in [-0.3, -0.25) is 39.4 Å². The zero-order valence-corrected chi connectivity index (χ0v) is 27.8. The van der Waals surface area contributed by atoms with Crippen LogP contribution in [0.25, 0.3) is 16.6 Å². The van der Waals surface area contributed by atoms with Gasteiger partial charge in [-0.25, -0.2) is 4.98 Å². The summed E-state index contributed by atoms with van der Waals surface area (Å²) in [6.07, 6.45) is 9.00. The van der Waals surface area contributed by atoms with E-state index in [2.05, 4.69) is 21.6 Å². The molecule has 2 aromatic carbocycles. The second kappa shape index (κ2) is 13.3. The van der Waals surface area contributed by atoms with Gasteiger partial charge in [0, 0.05) is 49.2 Å². The highest BCUT2D eigenvalue weighted by Crippen LogP contribution is 2.38. The first kappa shape index (κ1) is 32.1. The number of allylic oxidation sites excluding steroid dienone is 2. The number of aromatic nitrogens is 2. The van der Waals surface area contributed by atoms with Gasteiger partial charge in [0.2, 0.25) is 11.8 Å². The summed E-state index contributed by atoms with van der Waals surface area (Å²) >= 11 is 0. The van der Waals surface area contributed by atoms with Crippen molar-refractivity contribution in [1.82, 2.24) is 20.2 Å². The number of nitrogens with zero attached hydrogens (tertiary/aromatic N) is 5. The second-order valence-electron chi connectivity index (χ2n) is 13.8. The number of amides is 4. The number of hydrogen-bond acceptors (Lipinski definition) is 11. The molecule has 3 aliphatic heterocycles. The monoisotopic (exact) mass is 676 g/mol. The Morgan fingerprint density at radius 3 is 2.62 bits per heavy atom. The molecule has 4 fully saturated rings. The summed E-state index contributed by atoms with van der Waals surface area (Å²) in [6.45, 7) is 3.78. The molecule has 4 amide bonds. The number of carbonyl (C=O) groups is 4. The third kappa shape index (κ3) is 6.21. The number of imide groups is 2. The molecule has 13 heteroatoms. The van der Waals surface area contributed by atoms with Crippen molar-refractivity contribution in [2.45, 2.75) is 57.0 Å². The van der Waals surface area contributed by atoms with Crippen LogP contribution in [0.3, 0.4) is 0 Å². The van der Waals surface area contributed by atoms with E-state index in [0.717, 1.165) is 89.5 Å². The minimum Gasteiger partial charge on any atom is -0.401 e. The van der Waals surface area contributed by atoms with Crippen molar-refractivity contribution in [3.63, 3.8) is 0 Å². The summed E-state index contributed by atoms with van der Waals surface area (Å²) in [5.41, 5.74) is 13.2. The highest BCUT2D eigenvalue weighted by molar-refractivity contribution is 6.23. The van der Waals surface area contributed by atoms with Crippen LogP contribution in [0.15, 0.2) is 53.3 Å². The molecule has 4 heterocycles. The van der Waals surface area contributed by atoms with Gasteiger partial charge in [-0.15, -0.1) is 0 Å². The van der Waals surface area contributed by atoms with Crippen LogP contribution in [0.4, 0.5) is 11.4 Å². The number of rotatable bonds is 10. The van der Waals surface area contributed by atoms with Crippen LogP contribution in [0, 0.1) is 11.8 Å². The molecule has 8 rings (SSSR count). The third-order valence-corrected chi connectivity index (χ3v) is 10.5. The van der Waals surface area contributed by atoms with Crippen molar-refractivity contribution in [2.24, 2.45) is 22.6 Å². The smallest absolute Gasteiger partial charge is 0.262 e. The zero-order chi connectivity index (χ0) is 34.4. The molecule has 0 spiro atoms. The maximum absolute atomic E-state index is 13.1. The summed E-state index contributed by atoms with van der Waals surface area (Å²) in [5.74, 6) is -1.15. The van der Waals surface area contributed by atoms with Crippen LogP contribution in [-0.2, 0) is 14.3 Å². The number of aliphatic imine (C=N–C) groups is 1. The Balaban J connectivity index is 0.870. The lowest BCUT2D eigenvalue weighted by atomic mass is 9.78. The van der Waals surface area contributed by atoms with Gasteiger partial charge in [0.15, 0.2) is 0 Å². The number of fused-ring (bicyclic) bond motifs is 2. The number of carbonyl (C=O) groups excluding carboxylic acids is 4. The Morgan fingerprint density at radius 1 is 1.04 bits per heavy atom. The Labute approximate surface area is 289 Å². The first-order valence-corrected chi connectivity index (χ1v) is 17.5. The van der Waals surface area contributed by atoms with Gasteiger partial charge in [-0.2, -0.15) is 0 Å². The summed E-state index contributed by atoms with van der Waals surface area (Å²) in [7, 11) is 0. The molecule has 2 saturated heterocycles. The number of ether oxygens (including phenoxy) is 1. The highest BCUT2D eigenvalue weighted by atomic mass is 16.5. The fourth-order valence-corrected chi connectivity index (χ4v) is 7.36. The number of morpholine rings is 1. The number of piperidine rings is 1. The van der Waals surface area contributed by atoms with Crippen LogP contribution in [-0.4, -0.2) is 89.6 Å². The largest absolute Gasteiger partial charge is 0.401 e. The SMILES string of the molecule is NC(=C(C=NC1CC(CCNc2ccc3c(c2)C(=O)N(C2CCC(=O)NC2=O)C3=O)C1)c1cnc2c(N3CCOCC3)cccc2n1)C1CC1. The van der Waals surface area contributed by atoms with Gasteiger partial charge in [0.1, 0.15) is 11.6 Å². The third-order valence-electron chi connectivity index (χ3n) is 10.5. The molecule has 13 nitrogen and oxygen atoms in total. The van der Waals surface area contributed by atoms with Gasteiger partial charge in [0.25, 0.3) is 11.8 Å². The molecule has 0 radical (unpaired) electrons. The Morgan fingerprint density at radius 2 is 1.84 bits per heavy atom. The van der Waals surface area contributed by atoms with Crippen molar-refractivity contribution in [2.75, 3.05) is 43.1 Å². The predicted molar refractivity (Wildman–Crippen MR) is 188 cm³/mol. The predicted octanol–water partition coefficient (Wildman–Crippen LogP) is 3.30. The van der Waals surface area contributed by atoms with Crippen LogP contribution in [0.5, 0.6) is 0 Å². The van der Waals surface area contributed by atoms with Gasteiger partial charge in [0.05, 0.1) is 53.5 Å². The minimum atomic E-state index is -0.975. The number of anilines is 2. The standard InChI is InChI=1S/C37H40N8O5/c38-33(22-4-5-22)27(29-20-41-34-28(42-29)2-1-3-30(34)44-12-14-50-15-13-44)19-40-24-16-21(17-24)10-11-39-23-6-7-25-26(18-23)37(49)45(36(25)48)31-8-9-32(46)43-35(31)47/h1-3,6-7,18-22,24,31,39H,4-5,8-17,38H2,(H,43,46,47). The van der Waals surface area contributed by atoms with E-state index in [-0.39, 0.29) is 30.0 Å². The molecular formula is C37H40N8O5. The van der Waals surface area contributed by atoms with Gasteiger partial charge in [-0.05, 0) is 80.7 Å². The van der Waals surface area contributed by atoms with E-state index in [0.29, 0.717) is 31.6 Å². The lowest BCUT2D eigenvalue weighted by Gasteiger charge is -2.32. The molecule has 4 N–H and O–H groups in total. The number of benzene rings is 2. The molecule has 2 aliphatic carbocycles. The Hall–Kier alpha value is -5.17. The molecule has 1 atom stereocenters. The number of nitrogens with two attached hydrogens (primary N) is 1. The molecule has 1 unspecified atom stereocenters. The van der Waals surface area contributed by atoms with E-state index in [1.807, 2.05) is 24.5 Å². The van der Waals surface area contributed by atoms with Crippen molar-refractivity contribution in [3.05, 3.63) is 65.1 Å². The van der Waals surface area contributed by atoms with Crippen LogP contribution < -0.4 is 21.3 Å². The van der Waals surface area contributed by atoms with Crippen LogP contribution >= 0.6 is 0 Å². The maximum atomic E-state index is 13.1. The summed E-state index contributed by atoms with van der Waals surface area (Å²) in [6, 6.07) is 10.4. The molecule has 3 aromatic rings. The fraction of sp³-hybridized carbons (Fsp3) is 0.432. The summed E-state index contributed by atoms with van der Waals surface area (Å²) in [5, 5.41) is 5.61. The lowest BCUT2D eigenvalue weighted by Crippen LogP contribution is -2.54. The van der Waals surface area contributed by atoms with Crippen molar-refractivity contribution in [1.29, 1.82) is 0 Å². The topological polar surface area (TPSA) is 172 Å². The summed E-state index contributed by atoms with van der Waals surface area (Å²) < 4.78 is 5.53. The average molecular weight is 677 g/mol. The van der Waals surface area contributed by atoms with Crippen molar-refractivity contribution in [3.8, 4) is 0 Å². The molecule has 0 bridgehead atoms. The normalized spacial score (nSPS) is 24.4. The molecule has 1 aromatic heterocycles. The molecule has 50 heavy (non-hydrogen) atoms. The Bertz CT molecular complexity index is 1940. The average Bonchev–Trinajstić information content (AvgIpc) is 3.93. The van der Waals surface area contributed by atoms with Gasteiger partial charge >= 0.3 is 0 Å². The molecule has 5 aliphatic rings. The maximum Gasteiger partial charge on any atom is 0.262 e. The van der Waals surface area contributed by atoms with Crippen molar-refractivity contribution >= 4 is 57.8 Å². The minimum absolute atomic E-state index is 0.0895.